The number of hydrogen-bond donors (Lipinski definition) is 1. The SMILES string of the molecule is C[C@@]1(O)N=C2CCCCCN2C1=O. The Bertz CT molecular complexity index is 271. The standard InChI is InChI=1S/C9H14N2O2/c1-9(13)8(12)11-6-4-2-3-5-7(11)10-9/h13H,2-6H2,1H3/t9-/m0/s1. The summed E-state index contributed by atoms with van der Waals surface area (Å²) in [6.07, 6.45) is 4.05. The van der Waals surface area contributed by atoms with Crippen LogP contribution in [0.4, 0.5) is 0 Å². The van der Waals surface area contributed by atoms with Crippen molar-refractivity contribution < 1.29 is 9.90 Å². The Balaban J connectivity index is 2.27. The van der Waals surface area contributed by atoms with E-state index >= 15 is 0 Å². The molecular weight excluding hydrogens is 168 g/mol. The average molecular weight is 182 g/mol. The predicted octanol–water partition coefficient (Wildman–Crippen LogP) is 0.510. The first-order valence-electron chi connectivity index (χ1n) is 4.74. The summed E-state index contributed by atoms with van der Waals surface area (Å²) in [5.74, 6) is 0.511. The molecule has 4 nitrogen and oxygen atoms in total. The van der Waals surface area contributed by atoms with Crippen LogP contribution in [0.3, 0.4) is 0 Å². The molecule has 2 aliphatic heterocycles. The van der Waals surface area contributed by atoms with Crippen LogP contribution >= 0.6 is 0 Å². The van der Waals surface area contributed by atoms with Crippen molar-refractivity contribution in [2.45, 2.75) is 38.3 Å². The Kier molecular flexibility index (Phi) is 1.87. The van der Waals surface area contributed by atoms with Gasteiger partial charge >= 0.3 is 0 Å². The number of aliphatic hydroxyl groups is 1. The van der Waals surface area contributed by atoms with Gasteiger partial charge in [-0.25, -0.2) is 4.99 Å². The molecule has 2 aliphatic rings. The van der Waals surface area contributed by atoms with E-state index in [1.54, 1.807) is 4.90 Å². The van der Waals surface area contributed by atoms with E-state index in [-0.39, 0.29) is 5.91 Å². The number of amidine groups is 1. The second kappa shape index (κ2) is 2.80. The van der Waals surface area contributed by atoms with Gasteiger partial charge < -0.3 is 5.11 Å². The molecule has 72 valence electrons. The van der Waals surface area contributed by atoms with Crippen LogP contribution in [0.5, 0.6) is 0 Å². The van der Waals surface area contributed by atoms with Crippen molar-refractivity contribution >= 4 is 11.7 Å². The zero-order valence-corrected chi connectivity index (χ0v) is 7.79. The lowest BCUT2D eigenvalue weighted by Crippen LogP contribution is -2.40. The molecule has 2 heterocycles. The summed E-state index contributed by atoms with van der Waals surface area (Å²) in [4.78, 5) is 17.2. The fourth-order valence-electron chi connectivity index (χ4n) is 1.88. The van der Waals surface area contributed by atoms with Crippen molar-refractivity contribution in [2.75, 3.05) is 6.54 Å². The minimum absolute atomic E-state index is 0.260. The maximum Gasteiger partial charge on any atom is 0.282 e. The number of carbonyl (C=O) groups excluding carboxylic acids is 1. The van der Waals surface area contributed by atoms with Gasteiger partial charge in [0.05, 0.1) is 0 Å². The first-order chi connectivity index (χ1) is 6.11. The third-order valence-corrected chi connectivity index (χ3v) is 2.59. The minimum atomic E-state index is -1.49. The van der Waals surface area contributed by atoms with E-state index in [9.17, 15) is 9.90 Å². The van der Waals surface area contributed by atoms with Gasteiger partial charge in [0.15, 0.2) is 0 Å². The van der Waals surface area contributed by atoms with Gasteiger partial charge in [-0.05, 0) is 19.8 Å². The largest absolute Gasteiger partial charge is 0.362 e. The molecule has 13 heavy (non-hydrogen) atoms. The molecule has 0 bridgehead atoms. The number of carbonyl (C=O) groups is 1. The van der Waals surface area contributed by atoms with E-state index in [1.165, 1.54) is 6.92 Å². The van der Waals surface area contributed by atoms with Gasteiger partial charge in [-0.15, -0.1) is 0 Å². The number of nitrogens with zero attached hydrogens (tertiary/aromatic N) is 2. The third-order valence-electron chi connectivity index (χ3n) is 2.59. The normalized spacial score (nSPS) is 34.2. The van der Waals surface area contributed by atoms with E-state index < -0.39 is 5.72 Å². The summed E-state index contributed by atoms with van der Waals surface area (Å²) < 4.78 is 0. The van der Waals surface area contributed by atoms with Crippen LogP contribution in [-0.2, 0) is 4.79 Å². The van der Waals surface area contributed by atoms with E-state index in [1.807, 2.05) is 0 Å². The van der Waals surface area contributed by atoms with Gasteiger partial charge in [0.1, 0.15) is 5.84 Å². The molecule has 1 amide bonds. The van der Waals surface area contributed by atoms with Crippen molar-refractivity contribution in [3.8, 4) is 0 Å². The Morgan fingerprint density at radius 3 is 3.00 bits per heavy atom. The van der Waals surface area contributed by atoms with Gasteiger partial charge in [0.2, 0.25) is 5.72 Å². The molecule has 0 aromatic heterocycles. The molecule has 1 saturated heterocycles. The van der Waals surface area contributed by atoms with E-state index in [0.717, 1.165) is 31.5 Å². The maximum absolute atomic E-state index is 11.6. The second-order valence-corrected chi connectivity index (χ2v) is 3.82. The lowest BCUT2D eigenvalue weighted by molar-refractivity contribution is -0.141. The molecule has 1 N–H and O–H groups in total. The highest BCUT2D eigenvalue weighted by Crippen LogP contribution is 2.25. The van der Waals surface area contributed by atoms with Gasteiger partial charge in [-0.1, -0.05) is 6.42 Å². The lowest BCUT2D eigenvalue weighted by Gasteiger charge is -2.17. The van der Waals surface area contributed by atoms with Crippen molar-refractivity contribution in [3.63, 3.8) is 0 Å². The smallest absolute Gasteiger partial charge is 0.282 e. The van der Waals surface area contributed by atoms with E-state index in [4.69, 9.17) is 0 Å². The molecule has 0 unspecified atom stereocenters. The molecule has 2 rings (SSSR count). The van der Waals surface area contributed by atoms with Crippen LogP contribution in [0.15, 0.2) is 4.99 Å². The van der Waals surface area contributed by atoms with Crippen molar-refractivity contribution in [1.82, 2.24) is 4.90 Å². The van der Waals surface area contributed by atoms with E-state index in [0.29, 0.717) is 6.54 Å². The van der Waals surface area contributed by atoms with Gasteiger partial charge in [0.25, 0.3) is 5.91 Å². The minimum Gasteiger partial charge on any atom is -0.362 e. The molecule has 0 aromatic rings. The summed E-state index contributed by atoms with van der Waals surface area (Å²) in [7, 11) is 0. The highest BCUT2D eigenvalue weighted by atomic mass is 16.3. The molecule has 1 fully saturated rings. The first kappa shape index (κ1) is 8.69. The molecule has 0 aliphatic carbocycles. The monoisotopic (exact) mass is 182 g/mol. The summed E-state index contributed by atoms with van der Waals surface area (Å²) in [6, 6.07) is 0. The molecule has 1 atom stereocenters. The third kappa shape index (κ3) is 1.35. The number of fused-ring (bicyclic) bond motifs is 1. The van der Waals surface area contributed by atoms with Crippen LogP contribution < -0.4 is 0 Å². The highest BCUT2D eigenvalue weighted by molar-refractivity contribution is 6.07. The van der Waals surface area contributed by atoms with Gasteiger partial charge in [0, 0.05) is 13.0 Å². The lowest BCUT2D eigenvalue weighted by atomic mass is 10.2. The molecule has 4 heteroatoms. The maximum atomic E-state index is 11.6. The molecule has 0 saturated carbocycles. The Morgan fingerprint density at radius 1 is 1.46 bits per heavy atom. The fraction of sp³-hybridized carbons (Fsp3) is 0.778. The first-order valence-corrected chi connectivity index (χ1v) is 4.74. The topological polar surface area (TPSA) is 52.9 Å². The van der Waals surface area contributed by atoms with Crippen molar-refractivity contribution in [3.05, 3.63) is 0 Å². The molecule has 0 radical (unpaired) electrons. The van der Waals surface area contributed by atoms with Gasteiger partial charge in [-0.2, -0.15) is 0 Å². The van der Waals surface area contributed by atoms with Crippen LogP contribution in [0.1, 0.15) is 32.6 Å². The zero-order chi connectivity index (χ0) is 9.47. The quantitative estimate of drug-likeness (QED) is 0.593. The molecule has 0 aromatic carbocycles. The Morgan fingerprint density at radius 2 is 2.23 bits per heavy atom. The van der Waals surface area contributed by atoms with Gasteiger partial charge in [-0.3, -0.25) is 9.69 Å². The Labute approximate surface area is 77.3 Å². The van der Waals surface area contributed by atoms with Crippen molar-refractivity contribution in [1.29, 1.82) is 0 Å². The zero-order valence-electron chi connectivity index (χ0n) is 7.79. The average Bonchev–Trinajstić information content (AvgIpc) is 2.29. The van der Waals surface area contributed by atoms with Crippen LogP contribution in [-0.4, -0.2) is 34.0 Å². The molecular formula is C9H14N2O2. The summed E-state index contributed by atoms with van der Waals surface area (Å²) >= 11 is 0. The number of rotatable bonds is 0. The summed E-state index contributed by atoms with van der Waals surface area (Å²) in [5.41, 5.74) is -1.49. The van der Waals surface area contributed by atoms with E-state index in [2.05, 4.69) is 4.99 Å². The number of amides is 1. The summed E-state index contributed by atoms with van der Waals surface area (Å²) in [6.45, 7) is 2.17. The molecule has 0 spiro atoms. The van der Waals surface area contributed by atoms with Crippen LogP contribution in [0, 0.1) is 0 Å². The number of hydrogen-bond acceptors (Lipinski definition) is 3. The fourth-order valence-corrected chi connectivity index (χ4v) is 1.88. The van der Waals surface area contributed by atoms with Crippen molar-refractivity contribution in [2.24, 2.45) is 4.99 Å². The highest BCUT2D eigenvalue weighted by Gasteiger charge is 2.42. The van der Waals surface area contributed by atoms with Crippen LogP contribution in [0.25, 0.3) is 0 Å². The predicted molar refractivity (Wildman–Crippen MR) is 48.2 cm³/mol. The number of aliphatic imine (C=N–C) groups is 1. The van der Waals surface area contributed by atoms with Crippen LogP contribution in [0.2, 0.25) is 0 Å². The second-order valence-electron chi connectivity index (χ2n) is 3.82. The summed E-state index contributed by atoms with van der Waals surface area (Å²) in [5, 5.41) is 9.61. The Hall–Kier alpha value is -0.900.